The lowest BCUT2D eigenvalue weighted by atomic mass is 9.74. The van der Waals surface area contributed by atoms with Crippen molar-refractivity contribution in [2.24, 2.45) is 11.8 Å². The van der Waals surface area contributed by atoms with E-state index in [1.54, 1.807) is 7.11 Å². The summed E-state index contributed by atoms with van der Waals surface area (Å²) in [6.07, 6.45) is 2.73. The molecule has 0 N–H and O–H groups in total. The number of methoxy groups -OCH3 is 1. The van der Waals surface area contributed by atoms with Crippen LogP contribution in [0.4, 0.5) is 0 Å². The summed E-state index contributed by atoms with van der Waals surface area (Å²) in [5, 5.41) is 0. The number of nitrogens with zero attached hydrogens (tertiary/aromatic N) is 2. The lowest BCUT2D eigenvalue weighted by molar-refractivity contribution is -0.0560. The predicted molar refractivity (Wildman–Crippen MR) is 91.2 cm³/mol. The van der Waals surface area contributed by atoms with Gasteiger partial charge in [-0.2, -0.15) is 0 Å². The maximum absolute atomic E-state index is 5.53. The molecule has 0 aromatic heterocycles. The van der Waals surface area contributed by atoms with E-state index in [-0.39, 0.29) is 0 Å². The highest BCUT2D eigenvalue weighted by atomic mass is 16.5. The van der Waals surface area contributed by atoms with Gasteiger partial charge in [0.1, 0.15) is 5.75 Å². The Balaban J connectivity index is 1.79. The highest BCUT2D eigenvalue weighted by Gasteiger charge is 2.45. The molecule has 4 rings (SSSR count). The van der Waals surface area contributed by atoms with Crippen LogP contribution < -0.4 is 4.74 Å². The van der Waals surface area contributed by atoms with Gasteiger partial charge in [0.25, 0.3) is 0 Å². The van der Waals surface area contributed by atoms with E-state index in [1.165, 1.54) is 31.5 Å². The summed E-state index contributed by atoms with van der Waals surface area (Å²) < 4.78 is 5.53. The van der Waals surface area contributed by atoms with Gasteiger partial charge in [0.2, 0.25) is 0 Å². The summed E-state index contributed by atoms with van der Waals surface area (Å²) in [7, 11) is 4.07. The van der Waals surface area contributed by atoms with E-state index < -0.39 is 0 Å². The SMILES string of the molecule is COc1ccccc1CN(C)C1C2CCN(CC2)C1C(C)C. The fourth-order valence-electron chi connectivity index (χ4n) is 4.70. The monoisotopic (exact) mass is 302 g/mol. The minimum Gasteiger partial charge on any atom is -0.496 e. The first kappa shape index (κ1) is 15.8. The number of ether oxygens (including phenoxy) is 1. The van der Waals surface area contributed by atoms with Crippen LogP contribution in [0.1, 0.15) is 32.3 Å². The van der Waals surface area contributed by atoms with Crippen LogP contribution in [-0.4, -0.2) is 49.1 Å². The Morgan fingerprint density at radius 3 is 2.55 bits per heavy atom. The van der Waals surface area contributed by atoms with Crippen molar-refractivity contribution >= 4 is 0 Å². The molecule has 2 bridgehead atoms. The quantitative estimate of drug-likeness (QED) is 0.830. The number of rotatable bonds is 5. The maximum Gasteiger partial charge on any atom is 0.123 e. The van der Waals surface area contributed by atoms with Gasteiger partial charge < -0.3 is 4.74 Å². The van der Waals surface area contributed by atoms with Crippen LogP contribution in [0, 0.1) is 11.8 Å². The zero-order valence-corrected chi connectivity index (χ0v) is 14.5. The zero-order chi connectivity index (χ0) is 15.7. The number of benzene rings is 1. The molecule has 22 heavy (non-hydrogen) atoms. The fourth-order valence-corrected chi connectivity index (χ4v) is 4.70. The summed E-state index contributed by atoms with van der Waals surface area (Å²) in [5.41, 5.74) is 1.30. The Morgan fingerprint density at radius 2 is 1.91 bits per heavy atom. The van der Waals surface area contributed by atoms with Gasteiger partial charge in [0, 0.05) is 24.2 Å². The van der Waals surface area contributed by atoms with Crippen molar-refractivity contribution in [1.29, 1.82) is 0 Å². The average Bonchev–Trinajstić information content (AvgIpc) is 2.55. The summed E-state index contributed by atoms with van der Waals surface area (Å²) in [6, 6.07) is 9.80. The van der Waals surface area contributed by atoms with Crippen LogP contribution >= 0.6 is 0 Å². The van der Waals surface area contributed by atoms with Crippen molar-refractivity contribution < 1.29 is 4.74 Å². The lowest BCUT2D eigenvalue weighted by Gasteiger charge is -2.55. The van der Waals surface area contributed by atoms with E-state index in [9.17, 15) is 0 Å². The number of para-hydroxylation sites is 1. The summed E-state index contributed by atoms with van der Waals surface area (Å²) in [6.45, 7) is 8.34. The van der Waals surface area contributed by atoms with Crippen molar-refractivity contribution in [3.05, 3.63) is 29.8 Å². The molecule has 2 unspecified atom stereocenters. The van der Waals surface area contributed by atoms with E-state index in [0.29, 0.717) is 18.0 Å². The Morgan fingerprint density at radius 1 is 1.23 bits per heavy atom. The van der Waals surface area contributed by atoms with Crippen molar-refractivity contribution in [3.63, 3.8) is 0 Å². The highest BCUT2D eigenvalue weighted by Crippen LogP contribution is 2.38. The van der Waals surface area contributed by atoms with Crippen LogP contribution in [0.3, 0.4) is 0 Å². The van der Waals surface area contributed by atoms with Crippen LogP contribution in [0.25, 0.3) is 0 Å². The van der Waals surface area contributed by atoms with Gasteiger partial charge in [-0.15, -0.1) is 0 Å². The number of fused-ring (bicyclic) bond motifs is 3. The third-order valence-corrected chi connectivity index (χ3v) is 5.63. The Hall–Kier alpha value is -1.06. The molecule has 3 saturated heterocycles. The van der Waals surface area contributed by atoms with Gasteiger partial charge in [0.05, 0.1) is 7.11 Å². The molecular formula is C19H30N2O. The van der Waals surface area contributed by atoms with Crippen LogP contribution in [0.15, 0.2) is 24.3 Å². The smallest absolute Gasteiger partial charge is 0.123 e. The van der Waals surface area contributed by atoms with Gasteiger partial charge >= 0.3 is 0 Å². The molecule has 1 aromatic rings. The molecule has 3 aliphatic rings. The van der Waals surface area contributed by atoms with Crippen LogP contribution in [-0.2, 0) is 6.54 Å². The normalized spacial score (nSPS) is 31.0. The molecule has 3 heterocycles. The minimum absolute atomic E-state index is 0.674. The first-order valence-corrected chi connectivity index (χ1v) is 8.68. The molecule has 0 radical (unpaired) electrons. The molecule has 3 nitrogen and oxygen atoms in total. The van der Waals surface area contributed by atoms with Gasteiger partial charge in [0.15, 0.2) is 0 Å². The van der Waals surface area contributed by atoms with Crippen LogP contribution in [0.2, 0.25) is 0 Å². The van der Waals surface area contributed by atoms with E-state index >= 15 is 0 Å². The molecular weight excluding hydrogens is 272 g/mol. The topological polar surface area (TPSA) is 15.7 Å². The molecule has 3 heteroatoms. The molecule has 0 spiro atoms. The fraction of sp³-hybridized carbons (Fsp3) is 0.684. The second-order valence-electron chi connectivity index (χ2n) is 7.33. The third kappa shape index (κ3) is 2.89. The molecule has 0 saturated carbocycles. The van der Waals surface area contributed by atoms with Crippen LogP contribution in [0.5, 0.6) is 5.75 Å². The molecule has 0 amide bonds. The second kappa shape index (κ2) is 6.59. The maximum atomic E-state index is 5.53. The number of piperidine rings is 3. The van der Waals surface area contributed by atoms with Gasteiger partial charge in [-0.3, -0.25) is 9.80 Å². The predicted octanol–water partition coefficient (Wildman–Crippen LogP) is 3.25. The van der Waals surface area contributed by atoms with E-state index in [1.807, 2.05) is 6.07 Å². The summed E-state index contributed by atoms with van der Waals surface area (Å²) in [5.74, 6) is 2.59. The number of likely N-dealkylation sites (N-methyl/N-ethyl adjacent to an activating group) is 1. The van der Waals surface area contributed by atoms with Crippen molar-refractivity contribution in [1.82, 2.24) is 9.80 Å². The zero-order valence-electron chi connectivity index (χ0n) is 14.5. The Labute approximate surface area is 135 Å². The molecule has 3 aliphatic heterocycles. The first-order chi connectivity index (χ1) is 10.6. The van der Waals surface area contributed by atoms with E-state index in [4.69, 9.17) is 4.74 Å². The molecule has 1 aromatic carbocycles. The Kier molecular flexibility index (Phi) is 4.74. The first-order valence-electron chi connectivity index (χ1n) is 8.68. The Bertz CT molecular complexity index is 494. The van der Waals surface area contributed by atoms with Crippen molar-refractivity contribution in [2.45, 2.75) is 45.3 Å². The van der Waals surface area contributed by atoms with Gasteiger partial charge in [-0.25, -0.2) is 0 Å². The van der Waals surface area contributed by atoms with Gasteiger partial charge in [-0.05, 0) is 50.9 Å². The third-order valence-electron chi connectivity index (χ3n) is 5.63. The highest BCUT2D eigenvalue weighted by molar-refractivity contribution is 5.33. The minimum atomic E-state index is 0.674. The standard InChI is InChI=1S/C19H30N2O/c1-14(2)18-19(15-9-11-21(18)12-10-15)20(3)13-16-7-5-6-8-17(16)22-4/h5-8,14-15,18-19H,9-13H2,1-4H3. The molecule has 3 fully saturated rings. The number of hydrogen-bond donors (Lipinski definition) is 0. The number of hydrogen-bond acceptors (Lipinski definition) is 3. The summed E-state index contributed by atoms with van der Waals surface area (Å²) in [4.78, 5) is 5.31. The van der Waals surface area contributed by atoms with E-state index in [0.717, 1.165) is 18.2 Å². The summed E-state index contributed by atoms with van der Waals surface area (Å²) >= 11 is 0. The lowest BCUT2D eigenvalue weighted by Crippen LogP contribution is -2.64. The largest absolute Gasteiger partial charge is 0.496 e. The molecule has 122 valence electrons. The second-order valence-corrected chi connectivity index (χ2v) is 7.33. The van der Waals surface area contributed by atoms with Gasteiger partial charge in [-0.1, -0.05) is 32.0 Å². The van der Waals surface area contributed by atoms with Crippen molar-refractivity contribution in [2.75, 3.05) is 27.2 Å². The average molecular weight is 302 g/mol. The van der Waals surface area contributed by atoms with Crippen molar-refractivity contribution in [3.8, 4) is 5.75 Å². The molecule has 0 aliphatic carbocycles. The molecule has 2 atom stereocenters. The van der Waals surface area contributed by atoms with E-state index in [2.05, 4.69) is 48.9 Å².